The summed E-state index contributed by atoms with van der Waals surface area (Å²) in [5.41, 5.74) is 3.29. The highest BCUT2D eigenvalue weighted by Gasteiger charge is 2.32. The number of nitrogens with zero attached hydrogens (tertiary/aromatic N) is 2. The second-order valence-corrected chi connectivity index (χ2v) is 10.9. The van der Waals surface area contributed by atoms with Crippen LogP contribution < -0.4 is 10.1 Å². The zero-order valence-corrected chi connectivity index (χ0v) is 22.7. The van der Waals surface area contributed by atoms with E-state index >= 15 is 0 Å². The molecule has 39 heavy (non-hydrogen) atoms. The van der Waals surface area contributed by atoms with Crippen molar-refractivity contribution >= 4 is 23.2 Å². The van der Waals surface area contributed by atoms with E-state index in [1.807, 2.05) is 36.9 Å². The zero-order chi connectivity index (χ0) is 27.4. The molecule has 0 saturated heterocycles. The maximum absolute atomic E-state index is 13.7. The number of halogens is 1. The summed E-state index contributed by atoms with van der Waals surface area (Å²) in [6.07, 6.45) is 2.74. The Morgan fingerprint density at radius 3 is 2.77 bits per heavy atom. The summed E-state index contributed by atoms with van der Waals surface area (Å²) >= 11 is 1.35. The molecule has 3 heterocycles. The lowest BCUT2D eigenvalue weighted by atomic mass is 9.87. The molecule has 1 aliphatic rings. The summed E-state index contributed by atoms with van der Waals surface area (Å²) in [5.74, 6) is 1.02. The monoisotopic (exact) mass is 547 g/mol. The number of thiazole rings is 1. The number of fused-ring (bicyclic) bond motifs is 1. The number of hydrogen-bond acceptors (Lipinski definition) is 6. The number of carbonyl (C=O) groups is 2. The SMILES string of the molecule is CC(C)CC(=O)N1CCc2ccc(OCc3nc(C(=O)NCc4ccco4)cs3)cc2C1c1ccc(F)cc1. The predicted molar refractivity (Wildman–Crippen MR) is 146 cm³/mol. The highest BCUT2D eigenvalue weighted by molar-refractivity contribution is 7.09. The first-order chi connectivity index (χ1) is 18.9. The van der Waals surface area contributed by atoms with Gasteiger partial charge in [-0.3, -0.25) is 9.59 Å². The predicted octanol–water partition coefficient (Wildman–Crippen LogP) is 5.90. The molecule has 0 aliphatic carbocycles. The summed E-state index contributed by atoms with van der Waals surface area (Å²) in [7, 11) is 0. The minimum absolute atomic E-state index is 0.0805. The van der Waals surface area contributed by atoms with Gasteiger partial charge in [0.1, 0.15) is 34.6 Å². The average molecular weight is 548 g/mol. The molecule has 0 radical (unpaired) electrons. The van der Waals surface area contributed by atoms with E-state index in [1.165, 1.54) is 23.5 Å². The van der Waals surface area contributed by atoms with Crippen LogP contribution in [0.5, 0.6) is 5.75 Å². The summed E-state index contributed by atoms with van der Waals surface area (Å²) < 4.78 is 25.0. The molecular weight excluding hydrogens is 517 g/mol. The molecule has 0 fully saturated rings. The van der Waals surface area contributed by atoms with Gasteiger partial charge in [0.2, 0.25) is 5.91 Å². The molecule has 2 aromatic carbocycles. The molecule has 5 rings (SSSR count). The van der Waals surface area contributed by atoms with Gasteiger partial charge in [-0.2, -0.15) is 0 Å². The van der Waals surface area contributed by atoms with Gasteiger partial charge in [0, 0.05) is 18.3 Å². The van der Waals surface area contributed by atoms with Gasteiger partial charge in [0.25, 0.3) is 5.91 Å². The Morgan fingerprint density at radius 1 is 1.21 bits per heavy atom. The van der Waals surface area contributed by atoms with E-state index in [0.29, 0.717) is 35.2 Å². The van der Waals surface area contributed by atoms with E-state index in [1.54, 1.807) is 35.9 Å². The van der Waals surface area contributed by atoms with E-state index in [0.717, 1.165) is 23.1 Å². The summed E-state index contributed by atoms with van der Waals surface area (Å²) in [6.45, 7) is 5.15. The Morgan fingerprint density at radius 2 is 2.03 bits per heavy atom. The number of ether oxygens (including phenoxy) is 1. The average Bonchev–Trinajstić information content (AvgIpc) is 3.62. The molecule has 7 nitrogen and oxygen atoms in total. The normalized spacial score (nSPS) is 14.8. The number of hydrogen-bond donors (Lipinski definition) is 1. The van der Waals surface area contributed by atoms with Gasteiger partial charge in [-0.1, -0.05) is 32.0 Å². The van der Waals surface area contributed by atoms with Crippen LogP contribution in [0.25, 0.3) is 0 Å². The molecule has 2 aromatic heterocycles. The van der Waals surface area contributed by atoms with Crippen molar-refractivity contribution < 1.29 is 23.1 Å². The number of amides is 2. The smallest absolute Gasteiger partial charge is 0.271 e. The molecule has 0 saturated carbocycles. The van der Waals surface area contributed by atoms with E-state index in [-0.39, 0.29) is 42.7 Å². The van der Waals surface area contributed by atoms with Crippen LogP contribution in [-0.4, -0.2) is 28.2 Å². The number of aromatic nitrogens is 1. The number of nitrogens with one attached hydrogen (secondary N) is 1. The van der Waals surface area contributed by atoms with Crippen molar-refractivity contribution in [3.8, 4) is 5.75 Å². The summed E-state index contributed by atoms with van der Waals surface area (Å²) in [6, 6.07) is 15.5. The van der Waals surface area contributed by atoms with Crippen molar-refractivity contribution in [1.82, 2.24) is 15.2 Å². The van der Waals surface area contributed by atoms with Crippen LogP contribution in [-0.2, 0) is 24.4 Å². The maximum atomic E-state index is 13.7. The molecule has 1 unspecified atom stereocenters. The van der Waals surface area contributed by atoms with Crippen molar-refractivity contribution in [2.45, 2.75) is 45.9 Å². The van der Waals surface area contributed by atoms with Crippen molar-refractivity contribution in [3.63, 3.8) is 0 Å². The third kappa shape index (κ3) is 6.37. The Hall–Kier alpha value is -3.98. The topological polar surface area (TPSA) is 84.7 Å². The summed E-state index contributed by atoms with van der Waals surface area (Å²) in [4.78, 5) is 31.9. The first-order valence-electron chi connectivity index (χ1n) is 12.9. The number of carbonyl (C=O) groups excluding carboxylic acids is 2. The van der Waals surface area contributed by atoms with Crippen LogP contribution in [0.4, 0.5) is 4.39 Å². The van der Waals surface area contributed by atoms with Gasteiger partial charge < -0.3 is 19.4 Å². The molecular formula is C30H30FN3O4S. The highest BCUT2D eigenvalue weighted by Crippen LogP contribution is 2.38. The Balaban J connectivity index is 1.32. The van der Waals surface area contributed by atoms with Crippen LogP contribution in [0.15, 0.2) is 70.7 Å². The lowest BCUT2D eigenvalue weighted by Crippen LogP contribution is -2.41. The first-order valence-corrected chi connectivity index (χ1v) is 13.8. The molecule has 0 spiro atoms. The van der Waals surface area contributed by atoms with Crippen LogP contribution in [0.3, 0.4) is 0 Å². The minimum Gasteiger partial charge on any atom is -0.486 e. The summed E-state index contributed by atoms with van der Waals surface area (Å²) in [5, 5.41) is 5.15. The second kappa shape index (κ2) is 11.8. The van der Waals surface area contributed by atoms with Crippen LogP contribution in [0.2, 0.25) is 0 Å². The molecule has 202 valence electrons. The lowest BCUT2D eigenvalue weighted by Gasteiger charge is -2.38. The number of rotatable bonds is 9. The molecule has 4 aromatic rings. The third-order valence-corrected chi connectivity index (χ3v) is 7.41. The van der Waals surface area contributed by atoms with Gasteiger partial charge in [-0.15, -0.1) is 11.3 Å². The molecule has 2 amide bonds. The Bertz CT molecular complexity index is 1430. The van der Waals surface area contributed by atoms with Crippen molar-refractivity contribution in [2.75, 3.05) is 6.54 Å². The number of furan rings is 1. The van der Waals surface area contributed by atoms with Crippen LogP contribution in [0, 0.1) is 11.7 Å². The standard InChI is InChI=1S/C30H30FN3O4S/c1-19(2)14-28(35)34-12-11-20-7-10-23(15-25(20)29(34)21-5-8-22(31)9-6-21)38-17-27-33-26(18-39-27)30(36)32-16-24-4-3-13-37-24/h3-10,13,15,18-19,29H,11-12,14,16-17H2,1-2H3,(H,32,36). The first kappa shape index (κ1) is 26.6. The second-order valence-electron chi connectivity index (χ2n) is 9.93. The van der Waals surface area contributed by atoms with Gasteiger partial charge in [-0.25, -0.2) is 9.37 Å². The lowest BCUT2D eigenvalue weighted by molar-refractivity contribution is -0.134. The van der Waals surface area contributed by atoms with Crippen LogP contribution in [0.1, 0.15) is 64.3 Å². The van der Waals surface area contributed by atoms with Crippen molar-refractivity contribution in [3.05, 3.63) is 105 Å². The highest BCUT2D eigenvalue weighted by atomic mass is 32.1. The van der Waals surface area contributed by atoms with E-state index < -0.39 is 0 Å². The quantitative estimate of drug-likeness (QED) is 0.282. The van der Waals surface area contributed by atoms with Gasteiger partial charge in [0.15, 0.2) is 0 Å². The molecule has 1 aliphatic heterocycles. The zero-order valence-electron chi connectivity index (χ0n) is 21.9. The minimum atomic E-state index is -0.325. The molecule has 9 heteroatoms. The fraction of sp³-hybridized carbons (Fsp3) is 0.300. The largest absolute Gasteiger partial charge is 0.486 e. The van der Waals surface area contributed by atoms with Crippen molar-refractivity contribution in [1.29, 1.82) is 0 Å². The van der Waals surface area contributed by atoms with Crippen LogP contribution >= 0.6 is 11.3 Å². The van der Waals surface area contributed by atoms with E-state index in [9.17, 15) is 14.0 Å². The van der Waals surface area contributed by atoms with Gasteiger partial charge in [0.05, 0.1) is 18.8 Å². The fourth-order valence-electron chi connectivity index (χ4n) is 4.72. The van der Waals surface area contributed by atoms with Crippen molar-refractivity contribution in [2.24, 2.45) is 5.92 Å². The number of benzene rings is 2. The third-order valence-electron chi connectivity index (χ3n) is 6.58. The maximum Gasteiger partial charge on any atom is 0.271 e. The fourth-order valence-corrected chi connectivity index (χ4v) is 5.41. The Kier molecular flexibility index (Phi) is 8.07. The van der Waals surface area contributed by atoms with Gasteiger partial charge >= 0.3 is 0 Å². The molecule has 1 N–H and O–H groups in total. The Labute approximate surface area is 230 Å². The molecule has 1 atom stereocenters. The van der Waals surface area contributed by atoms with E-state index in [4.69, 9.17) is 9.15 Å². The molecule has 0 bridgehead atoms. The van der Waals surface area contributed by atoms with E-state index in [2.05, 4.69) is 10.3 Å². The van der Waals surface area contributed by atoms with Gasteiger partial charge in [-0.05, 0) is 65.4 Å².